The maximum atomic E-state index is 5.57. The largest absolute Gasteiger partial charge is 0.323 e. The van der Waals surface area contributed by atoms with Gasteiger partial charge in [-0.1, -0.05) is 11.6 Å². The van der Waals surface area contributed by atoms with Crippen LogP contribution in [-0.4, -0.2) is 9.89 Å². The summed E-state index contributed by atoms with van der Waals surface area (Å²) in [5.41, 5.74) is 0.784. The molecule has 1 rings (SSSR count). The topological polar surface area (TPSA) is 43.8 Å². The van der Waals surface area contributed by atoms with Crippen LogP contribution in [0.2, 0.25) is 5.02 Å². The number of nitrogens with zero attached hydrogens (tertiary/aromatic N) is 2. The van der Waals surface area contributed by atoms with E-state index in [9.17, 15) is 0 Å². The predicted octanol–water partition coefficient (Wildman–Crippen LogP) is 0.559. The molecule has 2 N–H and O–H groups in total. The molecule has 0 unspecified atom stereocenters. The van der Waals surface area contributed by atoms with Gasteiger partial charge in [0.15, 0.2) is 0 Å². The van der Waals surface area contributed by atoms with Gasteiger partial charge in [0, 0.05) is 0 Å². The van der Waals surface area contributed by atoms with Gasteiger partial charge in [-0.3, -0.25) is 0 Å². The highest BCUT2D eigenvalue weighted by molar-refractivity contribution is 6.31. The molecule has 0 bridgehead atoms. The lowest BCUT2D eigenvalue weighted by Crippen LogP contribution is -2.11. The Bertz CT molecular complexity index is 174. The van der Waals surface area contributed by atoms with Crippen molar-refractivity contribution in [1.82, 2.24) is 9.89 Å². The fourth-order valence-electron chi connectivity index (χ4n) is 0.402. The van der Waals surface area contributed by atoms with Gasteiger partial charge in [0.05, 0.1) is 16.9 Å². The van der Waals surface area contributed by atoms with Gasteiger partial charge in [0.1, 0.15) is 0 Å². The third-order valence-corrected chi connectivity index (χ3v) is 1.36. The fourth-order valence-corrected chi connectivity index (χ4v) is 0.533. The second kappa shape index (κ2) is 1.67. The molecule has 0 aromatic carbocycles. The standard InChI is InChI=1S/C4H6ClN3/c1-3-4(5)2-7-8(3)6/h2H,6H2,1H3. The van der Waals surface area contributed by atoms with Crippen molar-refractivity contribution in [3.63, 3.8) is 0 Å². The number of rotatable bonds is 0. The van der Waals surface area contributed by atoms with Crippen molar-refractivity contribution in [1.29, 1.82) is 0 Å². The van der Waals surface area contributed by atoms with Gasteiger partial charge < -0.3 is 5.84 Å². The first-order valence-electron chi connectivity index (χ1n) is 2.17. The molecule has 8 heavy (non-hydrogen) atoms. The highest BCUT2D eigenvalue weighted by atomic mass is 35.5. The van der Waals surface area contributed by atoms with Gasteiger partial charge in [0.25, 0.3) is 0 Å². The molecule has 1 aromatic rings. The molecule has 0 atom stereocenters. The Morgan fingerprint density at radius 2 is 2.50 bits per heavy atom. The molecule has 1 aromatic heterocycles. The molecular formula is C4H6ClN3. The van der Waals surface area contributed by atoms with E-state index >= 15 is 0 Å². The molecule has 0 amide bonds. The summed E-state index contributed by atoms with van der Waals surface area (Å²) in [6.07, 6.45) is 1.51. The first kappa shape index (κ1) is 5.44. The summed E-state index contributed by atoms with van der Waals surface area (Å²) in [4.78, 5) is 1.24. The summed E-state index contributed by atoms with van der Waals surface area (Å²) < 4.78 is 0. The maximum absolute atomic E-state index is 5.57. The zero-order valence-electron chi connectivity index (χ0n) is 4.43. The third-order valence-electron chi connectivity index (χ3n) is 0.985. The van der Waals surface area contributed by atoms with Crippen molar-refractivity contribution in [2.45, 2.75) is 6.92 Å². The van der Waals surface area contributed by atoms with Crippen LogP contribution in [0.5, 0.6) is 0 Å². The Kier molecular flexibility index (Phi) is 1.13. The molecule has 3 nitrogen and oxygen atoms in total. The highest BCUT2D eigenvalue weighted by Gasteiger charge is 1.97. The number of hydrogen-bond acceptors (Lipinski definition) is 2. The number of nitrogen functional groups attached to an aromatic ring is 1. The molecule has 0 saturated carbocycles. The van der Waals surface area contributed by atoms with Crippen LogP contribution in [-0.2, 0) is 0 Å². The lowest BCUT2D eigenvalue weighted by molar-refractivity contribution is 0.800. The van der Waals surface area contributed by atoms with Gasteiger partial charge in [-0.05, 0) is 6.92 Å². The van der Waals surface area contributed by atoms with E-state index in [0.29, 0.717) is 5.02 Å². The van der Waals surface area contributed by atoms with Crippen LogP contribution in [0.25, 0.3) is 0 Å². The minimum absolute atomic E-state index is 0.604. The lowest BCUT2D eigenvalue weighted by atomic mass is 10.5. The smallest absolute Gasteiger partial charge is 0.0837 e. The number of nitrogens with two attached hydrogens (primary N) is 1. The van der Waals surface area contributed by atoms with Crippen LogP contribution in [0.4, 0.5) is 0 Å². The quantitative estimate of drug-likeness (QED) is 0.523. The number of halogens is 1. The second-order valence-electron chi connectivity index (χ2n) is 1.52. The first-order chi connectivity index (χ1) is 3.72. The highest BCUT2D eigenvalue weighted by Crippen LogP contribution is 2.09. The molecule has 0 fully saturated rings. The summed E-state index contributed by atoms with van der Waals surface area (Å²) in [5, 5.41) is 4.28. The monoisotopic (exact) mass is 131 g/mol. The molecule has 0 aliphatic rings. The van der Waals surface area contributed by atoms with Crippen molar-refractivity contribution >= 4 is 11.6 Å². The van der Waals surface area contributed by atoms with Gasteiger partial charge in [-0.2, -0.15) is 9.89 Å². The molecular weight excluding hydrogens is 126 g/mol. The molecule has 0 aliphatic heterocycles. The molecule has 0 spiro atoms. The summed E-state index contributed by atoms with van der Waals surface area (Å²) >= 11 is 5.57. The van der Waals surface area contributed by atoms with Gasteiger partial charge in [-0.25, -0.2) is 0 Å². The first-order valence-corrected chi connectivity index (χ1v) is 2.55. The van der Waals surface area contributed by atoms with Crippen molar-refractivity contribution < 1.29 is 0 Å². The predicted molar refractivity (Wildman–Crippen MR) is 32.1 cm³/mol. The molecule has 4 heteroatoms. The Morgan fingerprint density at radius 3 is 2.62 bits per heavy atom. The van der Waals surface area contributed by atoms with Crippen LogP contribution < -0.4 is 5.84 Å². The van der Waals surface area contributed by atoms with E-state index in [1.165, 1.54) is 11.0 Å². The molecule has 1 heterocycles. The summed E-state index contributed by atoms with van der Waals surface area (Å²) in [6, 6.07) is 0. The molecule has 0 saturated heterocycles. The average molecular weight is 132 g/mol. The van der Waals surface area contributed by atoms with Crippen molar-refractivity contribution in [3.05, 3.63) is 16.9 Å². The molecule has 0 aliphatic carbocycles. The van der Waals surface area contributed by atoms with E-state index in [2.05, 4.69) is 5.10 Å². The summed E-state index contributed by atoms with van der Waals surface area (Å²) in [6.45, 7) is 1.80. The van der Waals surface area contributed by atoms with E-state index in [0.717, 1.165) is 5.69 Å². The van der Waals surface area contributed by atoms with E-state index in [1.807, 2.05) is 0 Å². The lowest BCUT2D eigenvalue weighted by Gasteiger charge is -1.89. The van der Waals surface area contributed by atoms with E-state index in [4.69, 9.17) is 17.4 Å². The molecule has 0 radical (unpaired) electrons. The fraction of sp³-hybridized carbons (Fsp3) is 0.250. The summed E-state index contributed by atoms with van der Waals surface area (Å²) in [7, 11) is 0. The second-order valence-corrected chi connectivity index (χ2v) is 1.93. The van der Waals surface area contributed by atoms with Gasteiger partial charge in [-0.15, -0.1) is 0 Å². The Hall–Kier alpha value is -0.700. The Morgan fingerprint density at radius 1 is 1.88 bits per heavy atom. The van der Waals surface area contributed by atoms with E-state index in [-0.39, 0.29) is 0 Å². The Labute approximate surface area is 52.0 Å². The summed E-state index contributed by atoms with van der Waals surface area (Å²) in [5.74, 6) is 5.26. The number of aromatic nitrogens is 2. The van der Waals surface area contributed by atoms with Crippen LogP contribution in [0.3, 0.4) is 0 Å². The Balaban J connectivity index is 3.19. The van der Waals surface area contributed by atoms with Crippen LogP contribution in [0.15, 0.2) is 6.20 Å². The van der Waals surface area contributed by atoms with Crippen molar-refractivity contribution in [2.24, 2.45) is 0 Å². The minimum atomic E-state index is 0.604. The maximum Gasteiger partial charge on any atom is 0.0837 e. The van der Waals surface area contributed by atoms with Crippen LogP contribution in [0.1, 0.15) is 5.69 Å². The normalized spacial score (nSPS) is 9.75. The molecule has 44 valence electrons. The van der Waals surface area contributed by atoms with Gasteiger partial charge in [0.2, 0.25) is 0 Å². The van der Waals surface area contributed by atoms with Crippen molar-refractivity contribution in [3.8, 4) is 0 Å². The zero-order valence-corrected chi connectivity index (χ0v) is 5.18. The van der Waals surface area contributed by atoms with E-state index < -0.39 is 0 Å². The SMILES string of the molecule is Cc1c(Cl)cnn1N. The van der Waals surface area contributed by atoms with Crippen molar-refractivity contribution in [2.75, 3.05) is 5.84 Å². The van der Waals surface area contributed by atoms with E-state index in [1.54, 1.807) is 6.92 Å². The third kappa shape index (κ3) is 0.648. The number of hydrogen-bond donors (Lipinski definition) is 1. The van der Waals surface area contributed by atoms with Crippen LogP contribution in [0, 0.1) is 6.92 Å². The zero-order chi connectivity index (χ0) is 6.15. The van der Waals surface area contributed by atoms with Gasteiger partial charge >= 0.3 is 0 Å². The minimum Gasteiger partial charge on any atom is -0.323 e. The average Bonchev–Trinajstić information content (AvgIpc) is 1.98. The van der Waals surface area contributed by atoms with Crippen LogP contribution >= 0.6 is 11.6 Å².